The number of methoxy groups -OCH3 is 1. The lowest BCUT2D eigenvalue weighted by Crippen LogP contribution is -2.45. The number of esters is 1. The minimum atomic E-state index is -0.394. The molecule has 0 aliphatic carbocycles. The molecule has 0 saturated heterocycles. The van der Waals surface area contributed by atoms with Crippen LogP contribution < -0.4 is 4.74 Å². The summed E-state index contributed by atoms with van der Waals surface area (Å²) in [5.41, 5.74) is 0. The summed E-state index contributed by atoms with van der Waals surface area (Å²) < 4.78 is 10.0. The molecule has 122 valence electrons. The van der Waals surface area contributed by atoms with E-state index >= 15 is 0 Å². The molecule has 0 fully saturated rings. The van der Waals surface area contributed by atoms with Crippen LogP contribution in [0.4, 0.5) is 0 Å². The highest BCUT2D eigenvalue weighted by molar-refractivity contribution is 5.79. The molecule has 1 atom stereocenters. The molecule has 0 aromatic heterocycles. The number of ether oxygens (including phenoxy) is 2. The van der Waals surface area contributed by atoms with E-state index in [4.69, 9.17) is 4.74 Å². The maximum atomic E-state index is 12.3. The number of carbonyl (C=O) groups is 2. The zero-order valence-corrected chi connectivity index (χ0v) is 13.0. The monoisotopic (exact) mass is 309 g/mol. The van der Waals surface area contributed by atoms with Gasteiger partial charge in [-0.2, -0.15) is 0 Å². The van der Waals surface area contributed by atoms with E-state index in [1.165, 1.54) is 12.0 Å². The molecule has 0 aliphatic rings. The first kappa shape index (κ1) is 18.0. The van der Waals surface area contributed by atoms with Crippen molar-refractivity contribution in [1.82, 2.24) is 4.90 Å². The van der Waals surface area contributed by atoms with Gasteiger partial charge in [0.25, 0.3) is 5.91 Å². The number of hydrogen-bond acceptors (Lipinski definition) is 5. The van der Waals surface area contributed by atoms with Crippen LogP contribution in [-0.2, 0) is 14.3 Å². The molecule has 1 amide bonds. The number of para-hydroxylation sites is 1. The fourth-order valence-corrected chi connectivity index (χ4v) is 2.02. The molecule has 1 aromatic carbocycles. The van der Waals surface area contributed by atoms with E-state index in [1.54, 1.807) is 12.1 Å². The molecule has 0 saturated carbocycles. The van der Waals surface area contributed by atoms with E-state index in [0.717, 1.165) is 0 Å². The predicted molar refractivity (Wildman–Crippen MR) is 81.4 cm³/mol. The van der Waals surface area contributed by atoms with E-state index < -0.39 is 5.97 Å². The SMILES string of the molecule is CCC(CO)N(CCC(=O)OC)C(=O)COc1ccccc1. The molecule has 0 aliphatic heterocycles. The van der Waals surface area contributed by atoms with E-state index in [2.05, 4.69) is 4.74 Å². The number of rotatable bonds is 9. The van der Waals surface area contributed by atoms with E-state index in [9.17, 15) is 14.7 Å². The third kappa shape index (κ3) is 5.73. The van der Waals surface area contributed by atoms with Gasteiger partial charge >= 0.3 is 5.97 Å². The minimum Gasteiger partial charge on any atom is -0.484 e. The lowest BCUT2D eigenvalue weighted by molar-refractivity contribution is -0.143. The topological polar surface area (TPSA) is 76.1 Å². The van der Waals surface area contributed by atoms with Crippen LogP contribution in [-0.4, -0.2) is 54.8 Å². The average Bonchev–Trinajstić information content (AvgIpc) is 2.57. The average molecular weight is 309 g/mol. The van der Waals surface area contributed by atoms with Crippen LogP contribution >= 0.6 is 0 Å². The Morgan fingerprint density at radius 2 is 1.95 bits per heavy atom. The first-order chi connectivity index (χ1) is 10.6. The Hall–Kier alpha value is -2.08. The number of benzene rings is 1. The normalized spacial score (nSPS) is 11.6. The molecular weight excluding hydrogens is 286 g/mol. The molecule has 6 heteroatoms. The fraction of sp³-hybridized carbons (Fsp3) is 0.500. The number of nitrogens with zero attached hydrogens (tertiary/aromatic N) is 1. The molecule has 0 radical (unpaired) electrons. The Morgan fingerprint density at radius 1 is 1.27 bits per heavy atom. The molecule has 1 rings (SSSR count). The first-order valence-electron chi connectivity index (χ1n) is 7.27. The van der Waals surface area contributed by atoms with Gasteiger partial charge < -0.3 is 19.5 Å². The highest BCUT2D eigenvalue weighted by Gasteiger charge is 2.23. The van der Waals surface area contributed by atoms with Crippen molar-refractivity contribution in [1.29, 1.82) is 0 Å². The van der Waals surface area contributed by atoms with E-state index in [1.807, 2.05) is 25.1 Å². The van der Waals surface area contributed by atoms with Crippen LogP contribution in [0.1, 0.15) is 19.8 Å². The number of aliphatic hydroxyl groups is 1. The van der Waals surface area contributed by atoms with Crippen molar-refractivity contribution in [2.24, 2.45) is 0 Å². The fourth-order valence-electron chi connectivity index (χ4n) is 2.02. The van der Waals surface area contributed by atoms with Gasteiger partial charge in [-0.05, 0) is 18.6 Å². The van der Waals surface area contributed by atoms with Gasteiger partial charge in [-0.3, -0.25) is 9.59 Å². The van der Waals surface area contributed by atoms with Gasteiger partial charge in [-0.25, -0.2) is 0 Å². The Morgan fingerprint density at radius 3 is 2.50 bits per heavy atom. The molecule has 1 unspecified atom stereocenters. The summed E-state index contributed by atoms with van der Waals surface area (Å²) in [6, 6.07) is 8.67. The van der Waals surface area contributed by atoms with Crippen LogP contribution in [0.2, 0.25) is 0 Å². The summed E-state index contributed by atoms with van der Waals surface area (Å²) in [7, 11) is 1.30. The van der Waals surface area contributed by atoms with E-state index in [-0.39, 0.29) is 38.1 Å². The molecular formula is C16H23NO5. The summed E-state index contributed by atoms with van der Waals surface area (Å²) in [6.07, 6.45) is 0.679. The van der Waals surface area contributed by atoms with Crippen molar-refractivity contribution in [3.05, 3.63) is 30.3 Å². The lowest BCUT2D eigenvalue weighted by Gasteiger charge is -2.29. The number of hydrogen-bond donors (Lipinski definition) is 1. The summed E-state index contributed by atoms with van der Waals surface area (Å²) in [4.78, 5) is 25.0. The summed E-state index contributed by atoms with van der Waals surface area (Å²) in [5.74, 6) is -0.0657. The van der Waals surface area contributed by atoms with Gasteiger partial charge in [-0.1, -0.05) is 25.1 Å². The second kappa shape index (κ2) is 9.78. The highest BCUT2D eigenvalue weighted by Crippen LogP contribution is 2.10. The standard InChI is InChI=1S/C16H23NO5/c1-3-13(11-18)17(10-9-16(20)21-2)15(19)12-22-14-7-5-4-6-8-14/h4-8,13,18H,3,9-12H2,1-2H3. The number of amides is 1. The van der Waals surface area contributed by atoms with Gasteiger partial charge in [-0.15, -0.1) is 0 Å². The van der Waals surface area contributed by atoms with Crippen LogP contribution in [0.5, 0.6) is 5.75 Å². The smallest absolute Gasteiger partial charge is 0.307 e. The number of aliphatic hydroxyl groups excluding tert-OH is 1. The Labute approximate surface area is 130 Å². The van der Waals surface area contributed by atoms with Crippen LogP contribution in [0.15, 0.2) is 30.3 Å². The van der Waals surface area contributed by atoms with E-state index in [0.29, 0.717) is 12.2 Å². The largest absolute Gasteiger partial charge is 0.484 e. The number of carbonyl (C=O) groups excluding carboxylic acids is 2. The molecule has 0 spiro atoms. The van der Waals surface area contributed by atoms with Gasteiger partial charge in [0.05, 0.1) is 26.2 Å². The molecule has 6 nitrogen and oxygen atoms in total. The Kier molecular flexibility index (Phi) is 7.99. The second-order valence-electron chi connectivity index (χ2n) is 4.76. The lowest BCUT2D eigenvalue weighted by atomic mass is 10.2. The van der Waals surface area contributed by atoms with Crippen LogP contribution in [0.25, 0.3) is 0 Å². The molecule has 0 heterocycles. The first-order valence-corrected chi connectivity index (χ1v) is 7.27. The van der Waals surface area contributed by atoms with Crippen molar-refractivity contribution in [2.45, 2.75) is 25.8 Å². The highest BCUT2D eigenvalue weighted by atomic mass is 16.5. The Balaban J connectivity index is 2.63. The van der Waals surface area contributed by atoms with Crippen molar-refractivity contribution in [3.8, 4) is 5.75 Å². The van der Waals surface area contributed by atoms with Crippen molar-refractivity contribution < 1.29 is 24.2 Å². The maximum Gasteiger partial charge on any atom is 0.307 e. The van der Waals surface area contributed by atoms with Crippen molar-refractivity contribution in [3.63, 3.8) is 0 Å². The third-order valence-corrected chi connectivity index (χ3v) is 3.33. The summed E-state index contributed by atoms with van der Waals surface area (Å²) in [6.45, 7) is 1.77. The summed E-state index contributed by atoms with van der Waals surface area (Å²) in [5, 5.41) is 9.40. The molecule has 22 heavy (non-hydrogen) atoms. The summed E-state index contributed by atoms with van der Waals surface area (Å²) >= 11 is 0. The van der Waals surface area contributed by atoms with Crippen molar-refractivity contribution >= 4 is 11.9 Å². The Bertz CT molecular complexity index is 459. The van der Waals surface area contributed by atoms with Crippen molar-refractivity contribution in [2.75, 3.05) is 26.9 Å². The predicted octanol–water partition coefficient (Wildman–Crippen LogP) is 1.23. The van der Waals surface area contributed by atoms with Gasteiger partial charge in [0.2, 0.25) is 0 Å². The van der Waals surface area contributed by atoms with Crippen LogP contribution in [0, 0.1) is 0 Å². The maximum absolute atomic E-state index is 12.3. The van der Waals surface area contributed by atoms with Gasteiger partial charge in [0, 0.05) is 6.54 Å². The molecule has 1 N–H and O–H groups in total. The van der Waals surface area contributed by atoms with Gasteiger partial charge in [0.1, 0.15) is 5.75 Å². The zero-order valence-electron chi connectivity index (χ0n) is 13.0. The quantitative estimate of drug-likeness (QED) is 0.694. The minimum absolute atomic E-state index is 0.0874. The second-order valence-corrected chi connectivity index (χ2v) is 4.76. The molecule has 1 aromatic rings. The molecule has 0 bridgehead atoms. The van der Waals surface area contributed by atoms with Gasteiger partial charge in [0.15, 0.2) is 6.61 Å². The third-order valence-electron chi connectivity index (χ3n) is 3.33. The zero-order chi connectivity index (χ0) is 16.4. The van der Waals surface area contributed by atoms with Crippen LogP contribution in [0.3, 0.4) is 0 Å².